The van der Waals surface area contributed by atoms with Gasteiger partial charge in [0, 0.05) is 6.54 Å². The Morgan fingerprint density at radius 1 is 1.36 bits per heavy atom. The molecule has 0 amide bonds. The molecule has 0 saturated carbocycles. The van der Waals surface area contributed by atoms with Gasteiger partial charge >= 0.3 is 0 Å². The Bertz CT molecular complexity index is 299. The lowest BCUT2D eigenvalue weighted by Crippen LogP contribution is -2.31. The number of hydrogen-bond acceptors (Lipinski definition) is 3. The summed E-state index contributed by atoms with van der Waals surface area (Å²) < 4.78 is 0. The second-order valence-corrected chi connectivity index (χ2v) is 3.66. The van der Waals surface area contributed by atoms with Gasteiger partial charge in [-0.1, -0.05) is 12.1 Å². The highest BCUT2D eigenvalue weighted by Crippen LogP contribution is 2.29. The second kappa shape index (κ2) is 3.88. The number of nitrogens with zero attached hydrogens (tertiary/aromatic N) is 1. The average molecular weight is 192 g/mol. The van der Waals surface area contributed by atoms with E-state index in [-0.39, 0.29) is 0 Å². The standard InChI is InChI=1S/C11H16N2O/c1-9-5-4-6-10(12)11(9)13-7-2-3-8-14-13/h4-6H,2-3,7-8,12H2,1H3. The molecule has 1 saturated heterocycles. The molecule has 2 rings (SSSR count). The first-order valence-electron chi connectivity index (χ1n) is 5.04. The highest BCUT2D eigenvalue weighted by Gasteiger charge is 2.15. The van der Waals surface area contributed by atoms with Crippen molar-refractivity contribution >= 4 is 11.4 Å². The van der Waals surface area contributed by atoms with E-state index in [4.69, 9.17) is 10.6 Å². The van der Waals surface area contributed by atoms with Crippen LogP contribution in [0.15, 0.2) is 18.2 Å². The smallest absolute Gasteiger partial charge is 0.0894 e. The molecule has 3 nitrogen and oxygen atoms in total. The maximum Gasteiger partial charge on any atom is 0.0894 e. The monoisotopic (exact) mass is 192 g/mol. The molecule has 3 heteroatoms. The Morgan fingerprint density at radius 2 is 2.21 bits per heavy atom. The minimum Gasteiger partial charge on any atom is -0.397 e. The molecule has 1 aromatic rings. The zero-order valence-electron chi connectivity index (χ0n) is 8.49. The van der Waals surface area contributed by atoms with E-state index in [1.54, 1.807) is 0 Å². The fourth-order valence-electron chi connectivity index (χ4n) is 1.80. The molecule has 0 atom stereocenters. The normalized spacial score (nSPS) is 17.1. The van der Waals surface area contributed by atoms with Crippen molar-refractivity contribution in [1.29, 1.82) is 0 Å². The summed E-state index contributed by atoms with van der Waals surface area (Å²) in [6.07, 6.45) is 2.32. The van der Waals surface area contributed by atoms with Crippen LogP contribution in [-0.4, -0.2) is 13.2 Å². The summed E-state index contributed by atoms with van der Waals surface area (Å²) in [6.45, 7) is 3.80. The highest BCUT2D eigenvalue weighted by molar-refractivity contribution is 5.70. The Labute approximate surface area is 84.4 Å². The molecule has 1 aliphatic rings. The van der Waals surface area contributed by atoms with Crippen LogP contribution in [0.2, 0.25) is 0 Å². The van der Waals surface area contributed by atoms with Gasteiger partial charge in [0.1, 0.15) is 0 Å². The summed E-state index contributed by atoms with van der Waals surface area (Å²) >= 11 is 0. The molecular weight excluding hydrogens is 176 g/mol. The van der Waals surface area contributed by atoms with Gasteiger partial charge in [-0.3, -0.25) is 9.90 Å². The molecule has 1 aliphatic heterocycles. The van der Waals surface area contributed by atoms with Crippen LogP contribution >= 0.6 is 0 Å². The van der Waals surface area contributed by atoms with Crippen molar-refractivity contribution in [3.8, 4) is 0 Å². The summed E-state index contributed by atoms with van der Waals surface area (Å²) in [4.78, 5) is 5.58. The number of rotatable bonds is 1. The van der Waals surface area contributed by atoms with Crippen molar-refractivity contribution in [1.82, 2.24) is 0 Å². The number of nitrogen functional groups attached to an aromatic ring is 1. The predicted molar refractivity (Wildman–Crippen MR) is 58.1 cm³/mol. The van der Waals surface area contributed by atoms with Crippen LogP contribution in [0.1, 0.15) is 18.4 Å². The van der Waals surface area contributed by atoms with Gasteiger partial charge in [-0.15, -0.1) is 0 Å². The first-order valence-corrected chi connectivity index (χ1v) is 5.04. The molecule has 0 aliphatic carbocycles. The van der Waals surface area contributed by atoms with E-state index in [1.807, 2.05) is 17.2 Å². The minimum atomic E-state index is 0.798. The van der Waals surface area contributed by atoms with Gasteiger partial charge in [-0.05, 0) is 31.4 Å². The lowest BCUT2D eigenvalue weighted by molar-refractivity contribution is 0.0779. The molecule has 0 spiro atoms. The Hall–Kier alpha value is -1.22. The molecule has 0 aromatic heterocycles. The van der Waals surface area contributed by atoms with E-state index >= 15 is 0 Å². The lowest BCUT2D eigenvalue weighted by atomic mass is 10.1. The summed E-state index contributed by atoms with van der Waals surface area (Å²) in [6, 6.07) is 5.95. The number of anilines is 2. The summed E-state index contributed by atoms with van der Waals surface area (Å²) in [5.74, 6) is 0. The first-order chi connectivity index (χ1) is 6.79. The molecule has 0 radical (unpaired) electrons. The van der Waals surface area contributed by atoms with Crippen LogP contribution in [0.5, 0.6) is 0 Å². The van der Waals surface area contributed by atoms with E-state index in [0.717, 1.165) is 30.9 Å². The molecule has 1 heterocycles. The molecule has 2 N–H and O–H groups in total. The number of aryl methyl sites for hydroxylation is 1. The quantitative estimate of drug-likeness (QED) is 0.692. The number of benzene rings is 1. The van der Waals surface area contributed by atoms with E-state index in [0.29, 0.717) is 0 Å². The fraction of sp³-hybridized carbons (Fsp3) is 0.455. The lowest BCUT2D eigenvalue weighted by Gasteiger charge is -2.30. The first kappa shape index (κ1) is 9.34. The third kappa shape index (κ3) is 1.68. The Balaban J connectivity index is 2.29. The molecule has 76 valence electrons. The number of para-hydroxylation sites is 1. The Kier molecular flexibility index (Phi) is 2.59. The zero-order chi connectivity index (χ0) is 9.97. The van der Waals surface area contributed by atoms with Crippen LogP contribution in [0, 0.1) is 6.92 Å². The summed E-state index contributed by atoms with van der Waals surface area (Å²) in [5, 5.41) is 1.92. The number of hydrogen-bond donors (Lipinski definition) is 1. The second-order valence-electron chi connectivity index (χ2n) is 3.66. The third-order valence-electron chi connectivity index (χ3n) is 2.52. The topological polar surface area (TPSA) is 38.5 Å². The van der Waals surface area contributed by atoms with Gasteiger partial charge in [0.2, 0.25) is 0 Å². The van der Waals surface area contributed by atoms with E-state index in [1.165, 1.54) is 12.0 Å². The largest absolute Gasteiger partial charge is 0.397 e. The molecule has 1 aromatic carbocycles. The van der Waals surface area contributed by atoms with Gasteiger partial charge < -0.3 is 5.73 Å². The number of nitrogens with two attached hydrogens (primary N) is 1. The maximum atomic E-state index is 5.93. The molecule has 0 bridgehead atoms. The van der Waals surface area contributed by atoms with Crippen molar-refractivity contribution in [2.45, 2.75) is 19.8 Å². The molecular formula is C11H16N2O. The maximum absolute atomic E-state index is 5.93. The van der Waals surface area contributed by atoms with Gasteiger partial charge in [0.15, 0.2) is 0 Å². The Morgan fingerprint density at radius 3 is 2.86 bits per heavy atom. The molecule has 1 fully saturated rings. The van der Waals surface area contributed by atoms with Crippen molar-refractivity contribution in [3.05, 3.63) is 23.8 Å². The van der Waals surface area contributed by atoms with Crippen molar-refractivity contribution in [2.75, 3.05) is 23.9 Å². The summed E-state index contributed by atoms with van der Waals surface area (Å²) in [5.41, 5.74) is 8.94. The van der Waals surface area contributed by atoms with Crippen LogP contribution in [0.3, 0.4) is 0 Å². The van der Waals surface area contributed by atoms with Crippen molar-refractivity contribution in [3.63, 3.8) is 0 Å². The minimum absolute atomic E-state index is 0.798. The van der Waals surface area contributed by atoms with E-state index < -0.39 is 0 Å². The van der Waals surface area contributed by atoms with E-state index in [2.05, 4.69) is 13.0 Å². The van der Waals surface area contributed by atoms with Crippen LogP contribution in [-0.2, 0) is 4.84 Å². The van der Waals surface area contributed by atoms with Gasteiger partial charge in [0.25, 0.3) is 0 Å². The zero-order valence-corrected chi connectivity index (χ0v) is 8.49. The van der Waals surface area contributed by atoms with Gasteiger partial charge in [0.05, 0.1) is 18.0 Å². The molecule has 0 unspecified atom stereocenters. The van der Waals surface area contributed by atoms with Gasteiger partial charge in [-0.2, -0.15) is 0 Å². The third-order valence-corrected chi connectivity index (χ3v) is 2.52. The average Bonchev–Trinajstić information content (AvgIpc) is 2.19. The van der Waals surface area contributed by atoms with Gasteiger partial charge in [-0.25, -0.2) is 0 Å². The van der Waals surface area contributed by atoms with E-state index in [9.17, 15) is 0 Å². The number of hydroxylamine groups is 1. The fourth-order valence-corrected chi connectivity index (χ4v) is 1.80. The summed E-state index contributed by atoms with van der Waals surface area (Å²) in [7, 11) is 0. The SMILES string of the molecule is Cc1cccc(N)c1N1CCCCO1. The van der Waals surface area contributed by atoms with Crippen molar-refractivity contribution in [2.24, 2.45) is 0 Å². The highest BCUT2D eigenvalue weighted by atomic mass is 16.7. The van der Waals surface area contributed by atoms with Crippen molar-refractivity contribution < 1.29 is 4.84 Å². The van der Waals surface area contributed by atoms with Crippen LogP contribution in [0.4, 0.5) is 11.4 Å². The molecule has 14 heavy (non-hydrogen) atoms. The predicted octanol–water partition coefficient (Wildman–Crippen LogP) is 2.11. The van der Waals surface area contributed by atoms with Crippen LogP contribution < -0.4 is 10.8 Å². The van der Waals surface area contributed by atoms with Crippen LogP contribution in [0.25, 0.3) is 0 Å².